The Hall–Kier alpha value is -1.94. The molecule has 1 aromatic heterocycles. The van der Waals surface area contributed by atoms with Gasteiger partial charge in [-0.2, -0.15) is 0 Å². The maximum atomic E-state index is 14.1. The van der Waals surface area contributed by atoms with Gasteiger partial charge in [0.25, 0.3) is 0 Å². The molecule has 0 saturated heterocycles. The number of nitrogens with one attached hydrogen (secondary N) is 1. The molecule has 3 nitrogen and oxygen atoms in total. The number of pyridine rings is 1. The molecule has 0 saturated carbocycles. The summed E-state index contributed by atoms with van der Waals surface area (Å²) in [5.41, 5.74) is 8.47. The van der Waals surface area contributed by atoms with Crippen LogP contribution in [0, 0.1) is 12.7 Å². The van der Waals surface area contributed by atoms with Crippen LogP contribution in [0.15, 0.2) is 36.5 Å². The van der Waals surface area contributed by atoms with Crippen molar-refractivity contribution in [1.29, 1.82) is 0 Å². The van der Waals surface area contributed by atoms with Crippen LogP contribution in [0.5, 0.6) is 0 Å². The molecule has 20 heavy (non-hydrogen) atoms. The van der Waals surface area contributed by atoms with Gasteiger partial charge >= 0.3 is 0 Å². The van der Waals surface area contributed by atoms with Gasteiger partial charge in [-0.3, -0.25) is 0 Å². The summed E-state index contributed by atoms with van der Waals surface area (Å²) in [4.78, 5) is 4.14. The lowest BCUT2D eigenvalue weighted by Crippen LogP contribution is -2.26. The average Bonchev–Trinajstić information content (AvgIpc) is 2.43. The van der Waals surface area contributed by atoms with Gasteiger partial charge < -0.3 is 11.1 Å². The van der Waals surface area contributed by atoms with Crippen LogP contribution in [0.3, 0.4) is 0 Å². The van der Waals surface area contributed by atoms with Crippen LogP contribution in [0.25, 0.3) is 0 Å². The van der Waals surface area contributed by atoms with Crippen LogP contribution in [0.1, 0.15) is 36.1 Å². The standard InChI is InChI=1S/C16H20FN3/c1-3-9-19-15(12-6-4-5-7-13(12)17)14-11(2)8-10-20-16(14)18/h4-8,10,15,19H,3,9H2,1-2H3,(H2,18,20). The van der Waals surface area contributed by atoms with Crippen LogP contribution in [0.2, 0.25) is 0 Å². The van der Waals surface area contributed by atoms with Gasteiger partial charge in [0.15, 0.2) is 0 Å². The summed E-state index contributed by atoms with van der Waals surface area (Å²) in [7, 11) is 0. The topological polar surface area (TPSA) is 50.9 Å². The monoisotopic (exact) mass is 273 g/mol. The number of anilines is 1. The molecule has 0 spiro atoms. The van der Waals surface area contributed by atoms with Crippen molar-refractivity contribution in [2.24, 2.45) is 0 Å². The van der Waals surface area contributed by atoms with Crippen molar-refractivity contribution in [3.63, 3.8) is 0 Å². The van der Waals surface area contributed by atoms with Crippen molar-refractivity contribution in [2.75, 3.05) is 12.3 Å². The molecule has 1 unspecified atom stereocenters. The molecule has 1 aromatic carbocycles. The molecule has 0 aliphatic rings. The molecule has 0 aliphatic heterocycles. The highest BCUT2D eigenvalue weighted by Crippen LogP contribution is 2.29. The van der Waals surface area contributed by atoms with E-state index in [1.165, 1.54) is 6.07 Å². The number of hydrogen-bond donors (Lipinski definition) is 2. The number of benzene rings is 1. The average molecular weight is 273 g/mol. The molecule has 1 heterocycles. The molecule has 0 fully saturated rings. The Morgan fingerprint density at radius 2 is 2.05 bits per heavy atom. The summed E-state index contributed by atoms with van der Waals surface area (Å²) in [6.45, 7) is 4.83. The Labute approximate surface area is 119 Å². The van der Waals surface area contributed by atoms with E-state index in [2.05, 4.69) is 17.2 Å². The van der Waals surface area contributed by atoms with Crippen molar-refractivity contribution in [2.45, 2.75) is 26.3 Å². The number of rotatable bonds is 5. The summed E-state index contributed by atoms with van der Waals surface area (Å²) in [6, 6.07) is 8.40. The second-order valence-corrected chi connectivity index (χ2v) is 4.84. The minimum Gasteiger partial charge on any atom is -0.383 e. The third-order valence-electron chi connectivity index (χ3n) is 3.34. The van der Waals surface area contributed by atoms with Gasteiger partial charge in [-0.25, -0.2) is 9.37 Å². The van der Waals surface area contributed by atoms with Gasteiger partial charge in [-0.05, 0) is 37.6 Å². The molecule has 2 rings (SSSR count). The molecule has 2 aromatic rings. The zero-order valence-electron chi connectivity index (χ0n) is 11.9. The second-order valence-electron chi connectivity index (χ2n) is 4.84. The number of nitrogens with zero attached hydrogens (tertiary/aromatic N) is 1. The van der Waals surface area contributed by atoms with Gasteiger partial charge in [0.05, 0.1) is 6.04 Å². The lowest BCUT2D eigenvalue weighted by atomic mass is 9.95. The van der Waals surface area contributed by atoms with Gasteiger partial charge in [0.1, 0.15) is 11.6 Å². The predicted molar refractivity (Wildman–Crippen MR) is 79.9 cm³/mol. The molecular weight excluding hydrogens is 253 g/mol. The maximum Gasteiger partial charge on any atom is 0.128 e. The summed E-state index contributed by atoms with van der Waals surface area (Å²) in [6.07, 6.45) is 2.64. The Bertz CT molecular complexity index is 563. The molecule has 0 aliphatic carbocycles. The Morgan fingerprint density at radius 3 is 2.70 bits per heavy atom. The quantitative estimate of drug-likeness (QED) is 0.879. The van der Waals surface area contributed by atoms with Crippen molar-refractivity contribution in [3.05, 3.63) is 59.0 Å². The van der Waals surface area contributed by atoms with Gasteiger partial charge in [-0.1, -0.05) is 25.1 Å². The van der Waals surface area contributed by atoms with Crippen LogP contribution < -0.4 is 11.1 Å². The van der Waals surface area contributed by atoms with Crippen LogP contribution >= 0.6 is 0 Å². The second kappa shape index (κ2) is 6.48. The first kappa shape index (κ1) is 14.5. The molecule has 3 N–H and O–H groups in total. The largest absolute Gasteiger partial charge is 0.383 e. The number of halogens is 1. The zero-order valence-corrected chi connectivity index (χ0v) is 11.9. The fraction of sp³-hybridized carbons (Fsp3) is 0.312. The number of nitrogens with two attached hydrogens (primary N) is 1. The van der Waals surface area contributed by atoms with Gasteiger partial charge in [0.2, 0.25) is 0 Å². The van der Waals surface area contributed by atoms with Crippen LogP contribution in [-0.4, -0.2) is 11.5 Å². The molecule has 4 heteroatoms. The van der Waals surface area contributed by atoms with E-state index in [0.717, 1.165) is 24.1 Å². The Morgan fingerprint density at radius 1 is 1.30 bits per heavy atom. The highest BCUT2D eigenvalue weighted by molar-refractivity contribution is 5.50. The summed E-state index contributed by atoms with van der Waals surface area (Å²) >= 11 is 0. The molecule has 1 atom stereocenters. The first-order chi connectivity index (χ1) is 9.65. The minimum absolute atomic E-state index is 0.233. The van der Waals surface area contributed by atoms with Crippen molar-refractivity contribution in [3.8, 4) is 0 Å². The normalized spacial score (nSPS) is 12.3. The Kier molecular flexibility index (Phi) is 4.69. The smallest absolute Gasteiger partial charge is 0.128 e. The number of aromatic nitrogens is 1. The molecule has 0 amide bonds. The highest BCUT2D eigenvalue weighted by atomic mass is 19.1. The lowest BCUT2D eigenvalue weighted by Gasteiger charge is -2.22. The molecular formula is C16H20FN3. The zero-order chi connectivity index (χ0) is 14.5. The molecule has 0 radical (unpaired) electrons. The van der Waals surface area contributed by atoms with E-state index < -0.39 is 0 Å². The SMILES string of the molecule is CCCNC(c1ccccc1F)c1c(C)ccnc1N. The van der Waals surface area contributed by atoms with E-state index in [1.807, 2.05) is 19.1 Å². The van der Waals surface area contributed by atoms with E-state index in [4.69, 9.17) is 5.73 Å². The van der Waals surface area contributed by atoms with Crippen LogP contribution in [0.4, 0.5) is 10.2 Å². The summed E-state index contributed by atoms with van der Waals surface area (Å²) in [5.74, 6) is 0.214. The van der Waals surface area contributed by atoms with Crippen molar-refractivity contribution in [1.82, 2.24) is 10.3 Å². The van der Waals surface area contributed by atoms with Gasteiger partial charge in [-0.15, -0.1) is 0 Å². The van der Waals surface area contributed by atoms with E-state index in [0.29, 0.717) is 11.4 Å². The predicted octanol–water partition coefficient (Wildman–Crippen LogP) is 3.20. The number of aryl methyl sites for hydroxylation is 1. The Balaban J connectivity index is 2.50. The van der Waals surface area contributed by atoms with Crippen LogP contribution in [-0.2, 0) is 0 Å². The maximum absolute atomic E-state index is 14.1. The molecule has 0 bridgehead atoms. The fourth-order valence-electron chi connectivity index (χ4n) is 2.33. The minimum atomic E-state index is -0.273. The van der Waals surface area contributed by atoms with Crippen molar-refractivity contribution >= 4 is 5.82 Å². The summed E-state index contributed by atoms with van der Waals surface area (Å²) in [5, 5.41) is 3.36. The van der Waals surface area contributed by atoms with Gasteiger partial charge in [0, 0.05) is 17.3 Å². The van der Waals surface area contributed by atoms with E-state index in [-0.39, 0.29) is 11.9 Å². The number of nitrogen functional groups attached to an aromatic ring is 1. The number of hydrogen-bond acceptors (Lipinski definition) is 3. The first-order valence-electron chi connectivity index (χ1n) is 6.84. The third kappa shape index (κ3) is 2.96. The molecule has 106 valence electrons. The van der Waals surface area contributed by atoms with E-state index in [9.17, 15) is 4.39 Å². The van der Waals surface area contributed by atoms with Crippen molar-refractivity contribution < 1.29 is 4.39 Å². The third-order valence-corrected chi connectivity index (χ3v) is 3.34. The summed E-state index contributed by atoms with van der Waals surface area (Å²) < 4.78 is 14.1. The highest BCUT2D eigenvalue weighted by Gasteiger charge is 2.21. The fourth-order valence-corrected chi connectivity index (χ4v) is 2.33. The van der Waals surface area contributed by atoms with E-state index >= 15 is 0 Å². The lowest BCUT2D eigenvalue weighted by molar-refractivity contribution is 0.545. The first-order valence-corrected chi connectivity index (χ1v) is 6.84. The van der Waals surface area contributed by atoms with E-state index in [1.54, 1.807) is 18.3 Å².